The van der Waals surface area contributed by atoms with Gasteiger partial charge in [0.15, 0.2) is 10.1 Å². The molecule has 6 nitrogen and oxygen atoms in total. The Balaban J connectivity index is 1.70. The summed E-state index contributed by atoms with van der Waals surface area (Å²) in [5.41, 5.74) is 2.74. The minimum Gasteiger partial charge on any atom is -0.388 e. The molecule has 0 saturated heterocycles. The van der Waals surface area contributed by atoms with E-state index in [0.717, 1.165) is 22.9 Å². The highest BCUT2D eigenvalue weighted by molar-refractivity contribution is 8.13. The lowest BCUT2D eigenvalue weighted by atomic mass is 10.1. The van der Waals surface area contributed by atoms with Gasteiger partial charge in [-0.25, -0.2) is 4.98 Å². The maximum absolute atomic E-state index is 12.6. The lowest BCUT2D eigenvalue weighted by Crippen LogP contribution is -2.14. The molecule has 8 heteroatoms. The smallest absolute Gasteiger partial charge is 0.279 e. The first-order chi connectivity index (χ1) is 13.8. The van der Waals surface area contributed by atoms with E-state index in [1.165, 1.54) is 19.2 Å². The number of aliphatic hydroxyl groups excluding tert-OH is 1. The van der Waals surface area contributed by atoms with Gasteiger partial charge in [-0.05, 0) is 35.4 Å². The van der Waals surface area contributed by atoms with Crippen molar-refractivity contribution in [2.24, 2.45) is 0 Å². The quantitative estimate of drug-likeness (QED) is 0.593. The number of anilines is 1. The van der Waals surface area contributed by atoms with Crippen LogP contribution in [0.5, 0.6) is 0 Å². The first kappa shape index (κ1) is 21.0. The highest BCUT2D eigenvalue weighted by Crippen LogP contribution is 2.23. The number of aromatic nitrogens is 1. The number of hydrogen-bond donors (Lipinski definition) is 2. The number of aliphatic hydroxyl groups is 1. The number of rotatable bonds is 7. The Morgan fingerprint density at radius 2 is 1.72 bits per heavy atom. The van der Waals surface area contributed by atoms with E-state index >= 15 is 0 Å². The molecule has 0 aliphatic rings. The monoisotopic (exact) mass is 428 g/mol. The summed E-state index contributed by atoms with van der Waals surface area (Å²) >= 11 is 1.04. The Kier molecular flexibility index (Phi) is 6.68. The maximum Gasteiger partial charge on any atom is 0.279 e. The Labute approximate surface area is 174 Å². The Bertz CT molecular complexity index is 1070. The summed E-state index contributed by atoms with van der Waals surface area (Å²) in [6.45, 7) is 1.44. The molecular formula is C21H20N2O4S2. The predicted molar refractivity (Wildman–Crippen MR) is 115 cm³/mol. The van der Waals surface area contributed by atoms with Gasteiger partial charge < -0.3 is 5.11 Å². The molecule has 1 unspecified atom stereocenters. The number of sulfonamides is 1. The van der Waals surface area contributed by atoms with Crippen molar-refractivity contribution in [1.82, 2.24) is 4.98 Å². The minimum atomic E-state index is -3.84. The molecule has 0 spiro atoms. The molecule has 150 valence electrons. The largest absolute Gasteiger partial charge is 0.388 e. The van der Waals surface area contributed by atoms with Crippen molar-refractivity contribution in [2.45, 2.75) is 18.1 Å². The van der Waals surface area contributed by atoms with E-state index in [1.54, 1.807) is 30.3 Å². The van der Waals surface area contributed by atoms with Crippen molar-refractivity contribution in [1.29, 1.82) is 0 Å². The summed E-state index contributed by atoms with van der Waals surface area (Å²) < 4.78 is 27.6. The molecule has 2 aromatic carbocycles. The van der Waals surface area contributed by atoms with Gasteiger partial charge in [0.25, 0.3) is 10.0 Å². The third-order valence-corrected chi connectivity index (χ3v) is 6.30. The fourth-order valence-electron chi connectivity index (χ4n) is 2.61. The summed E-state index contributed by atoms with van der Waals surface area (Å²) in [7, 11) is -3.84. The van der Waals surface area contributed by atoms with Gasteiger partial charge in [0, 0.05) is 30.1 Å². The first-order valence-corrected chi connectivity index (χ1v) is 11.3. The molecule has 0 saturated carbocycles. The molecule has 1 atom stereocenters. The molecule has 0 aliphatic heterocycles. The maximum atomic E-state index is 12.6. The van der Waals surface area contributed by atoms with E-state index in [1.807, 2.05) is 30.3 Å². The van der Waals surface area contributed by atoms with Crippen LogP contribution in [0, 0.1) is 0 Å². The summed E-state index contributed by atoms with van der Waals surface area (Å²) in [6, 6.07) is 19.1. The average Bonchev–Trinajstić information content (AvgIpc) is 2.73. The topological polar surface area (TPSA) is 96.4 Å². The van der Waals surface area contributed by atoms with Crippen LogP contribution in [0.25, 0.3) is 11.1 Å². The zero-order valence-corrected chi connectivity index (χ0v) is 17.3. The van der Waals surface area contributed by atoms with Crippen molar-refractivity contribution >= 4 is 32.6 Å². The van der Waals surface area contributed by atoms with E-state index in [4.69, 9.17) is 0 Å². The Morgan fingerprint density at radius 1 is 1.03 bits per heavy atom. The number of nitrogens with zero attached hydrogens (tertiary/aromatic N) is 1. The normalized spacial score (nSPS) is 12.3. The van der Waals surface area contributed by atoms with Crippen LogP contribution >= 0.6 is 11.8 Å². The number of carbonyl (C=O) groups is 1. The number of carbonyl (C=O) groups excluding carboxylic acids is 1. The highest BCUT2D eigenvalue weighted by Gasteiger charge is 2.16. The van der Waals surface area contributed by atoms with Crippen molar-refractivity contribution in [2.75, 3.05) is 10.5 Å². The summed E-state index contributed by atoms with van der Waals surface area (Å²) in [6.07, 6.45) is 0.720. The van der Waals surface area contributed by atoms with Gasteiger partial charge >= 0.3 is 0 Å². The molecule has 29 heavy (non-hydrogen) atoms. The van der Waals surface area contributed by atoms with Crippen LogP contribution in [0.4, 0.5) is 5.69 Å². The third kappa shape index (κ3) is 5.66. The van der Waals surface area contributed by atoms with Crippen molar-refractivity contribution in [3.63, 3.8) is 0 Å². The fraction of sp³-hybridized carbons (Fsp3) is 0.143. The molecule has 0 radical (unpaired) electrons. The van der Waals surface area contributed by atoms with E-state index < -0.39 is 16.1 Å². The molecular weight excluding hydrogens is 408 g/mol. The fourth-order valence-corrected chi connectivity index (χ4v) is 4.19. The van der Waals surface area contributed by atoms with Crippen LogP contribution in [0.1, 0.15) is 18.6 Å². The number of benzene rings is 2. The van der Waals surface area contributed by atoms with Gasteiger partial charge in [0.1, 0.15) is 0 Å². The zero-order valence-electron chi connectivity index (χ0n) is 15.6. The van der Waals surface area contributed by atoms with E-state index in [0.29, 0.717) is 11.3 Å². The van der Waals surface area contributed by atoms with Crippen molar-refractivity contribution < 1.29 is 18.3 Å². The second-order valence-corrected chi connectivity index (χ2v) is 9.12. The highest BCUT2D eigenvalue weighted by atomic mass is 32.2. The molecule has 2 N–H and O–H groups in total. The predicted octanol–water partition coefficient (Wildman–Crippen LogP) is 3.86. The molecule has 0 bridgehead atoms. The number of nitrogens with one attached hydrogen (secondary N) is 1. The lowest BCUT2D eigenvalue weighted by molar-refractivity contribution is -0.109. The lowest BCUT2D eigenvalue weighted by Gasteiger charge is -2.12. The second kappa shape index (κ2) is 9.21. The van der Waals surface area contributed by atoms with Crippen LogP contribution in [0.2, 0.25) is 0 Å². The van der Waals surface area contributed by atoms with Crippen LogP contribution in [0.3, 0.4) is 0 Å². The van der Waals surface area contributed by atoms with Crippen LogP contribution in [0.15, 0.2) is 78.0 Å². The van der Waals surface area contributed by atoms with Gasteiger partial charge in [0.05, 0.1) is 6.10 Å². The first-order valence-electron chi connectivity index (χ1n) is 8.81. The van der Waals surface area contributed by atoms with E-state index in [2.05, 4.69) is 9.71 Å². The van der Waals surface area contributed by atoms with E-state index in [-0.39, 0.29) is 15.9 Å². The number of pyridine rings is 1. The zero-order chi connectivity index (χ0) is 20.9. The Hall–Kier alpha value is -2.68. The minimum absolute atomic E-state index is 0.0702. The van der Waals surface area contributed by atoms with Gasteiger partial charge in [0.2, 0.25) is 0 Å². The van der Waals surface area contributed by atoms with Crippen molar-refractivity contribution in [3.05, 3.63) is 78.5 Å². The molecule has 3 rings (SSSR count). The second-order valence-electron chi connectivity index (χ2n) is 6.30. The van der Waals surface area contributed by atoms with Crippen LogP contribution < -0.4 is 4.72 Å². The standard InChI is InChI=1S/C21H20N2O4S2/c1-15(24)28-14-20(25)17-7-10-19(11-8-17)23-29(26,27)21-12-9-18(13-22-21)16-5-3-2-4-6-16/h2-13,20,23,25H,14H2,1H3. The molecule has 0 aliphatic carbocycles. The van der Waals surface area contributed by atoms with Crippen molar-refractivity contribution in [3.8, 4) is 11.1 Å². The van der Waals surface area contributed by atoms with Gasteiger partial charge in [-0.15, -0.1) is 0 Å². The molecule has 0 fully saturated rings. The Morgan fingerprint density at radius 3 is 2.31 bits per heavy atom. The molecule has 3 aromatic rings. The number of thioether (sulfide) groups is 1. The third-order valence-electron chi connectivity index (χ3n) is 4.11. The van der Waals surface area contributed by atoms with E-state index in [9.17, 15) is 18.3 Å². The summed E-state index contributed by atoms with van der Waals surface area (Å²) in [5.74, 6) is 0.248. The molecule has 1 heterocycles. The number of hydrogen-bond acceptors (Lipinski definition) is 6. The van der Waals surface area contributed by atoms with Gasteiger partial charge in [-0.2, -0.15) is 8.42 Å². The van der Waals surface area contributed by atoms with Gasteiger partial charge in [-0.3, -0.25) is 9.52 Å². The summed E-state index contributed by atoms with van der Waals surface area (Å²) in [4.78, 5) is 15.1. The summed E-state index contributed by atoms with van der Waals surface area (Å²) in [5, 5.41) is 9.91. The van der Waals surface area contributed by atoms with Gasteiger partial charge in [-0.1, -0.05) is 54.2 Å². The SMILES string of the molecule is CC(=O)SCC(O)c1ccc(NS(=O)(=O)c2ccc(-c3ccccc3)cn2)cc1. The average molecular weight is 429 g/mol. The van der Waals surface area contributed by atoms with Crippen LogP contribution in [-0.2, 0) is 14.8 Å². The molecule has 1 aromatic heterocycles. The molecule has 0 amide bonds. The van der Waals surface area contributed by atoms with Crippen LogP contribution in [-0.4, -0.2) is 29.4 Å².